The number of nitrogens with one attached hydrogen (secondary N) is 1. The number of ether oxygens (including phenoxy) is 1. The monoisotopic (exact) mass is 427 g/mol. The van der Waals surface area contributed by atoms with Crippen LogP contribution in [0.3, 0.4) is 0 Å². The molecular weight excluding hydrogens is 402 g/mol. The van der Waals surface area contributed by atoms with Crippen molar-refractivity contribution in [2.24, 2.45) is 0 Å². The molecule has 0 radical (unpaired) electrons. The van der Waals surface area contributed by atoms with Gasteiger partial charge in [-0.3, -0.25) is 0 Å². The Morgan fingerprint density at radius 1 is 0.844 bits per heavy atom. The van der Waals surface area contributed by atoms with Gasteiger partial charge in [0.25, 0.3) is 0 Å². The van der Waals surface area contributed by atoms with Crippen LogP contribution in [0.1, 0.15) is 5.56 Å². The van der Waals surface area contributed by atoms with Crippen LogP contribution < -0.4 is 19.9 Å². The van der Waals surface area contributed by atoms with Crippen molar-refractivity contribution >= 4 is 28.6 Å². The average molecular weight is 428 g/mol. The Morgan fingerprint density at radius 3 is 2.38 bits per heavy atom. The topological polar surface area (TPSA) is 79.3 Å². The normalized spacial score (nSPS) is 13.9. The van der Waals surface area contributed by atoms with Gasteiger partial charge in [0.1, 0.15) is 5.75 Å². The number of hydrogen-bond acceptors (Lipinski definition) is 8. The summed E-state index contributed by atoms with van der Waals surface area (Å²) >= 11 is 0. The van der Waals surface area contributed by atoms with E-state index in [-0.39, 0.29) is 0 Å². The number of hydrogen-bond donors (Lipinski definition) is 1. The molecule has 1 N–H and O–H groups in total. The van der Waals surface area contributed by atoms with Gasteiger partial charge in [0, 0.05) is 56.4 Å². The summed E-state index contributed by atoms with van der Waals surface area (Å²) in [6.45, 7) is 4.09. The maximum absolute atomic E-state index is 5.45. The molecule has 162 valence electrons. The van der Waals surface area contributed by atoms with Gasteiger partial charge in [0.2, 0.25) is 5.95 Å². The standard InChI is InChI=1S/C24H25N7O/c1-32-20-10-6-5-7-18(20)17-27-24-28-22-21(25-11-12-26-22)23(29-24)31-15-13-30(14-16-31)19-8-3-2-4-9-19/h2-12H,13-17H2,1H3,(H,26,27,28,29). The van der Waals surface area contributed by atoms with Crippen LogP contribution in [0.4, 0.5) is 17.5 Å². The van der Waals surface area contributed by atoms with E-state index in [0.717, 1.165) is 48.8 Å². The van der Waals surface area contributed by atoms with Crippen LogP contribution in [0.5, 0.6) is 5.75 Å². The third kappa shape index (κ3) is 4.12. The summed E-state index contributed by atoms with van der Waals surface area (Å²) in [6.07, 6.45) is 3.35. The van der Waals surface area contributed by atoms with Crippen LogP contribution in [-0.4, -0.2) is 53.2 Å². The molecule has 8 heteroatoms. The molecule has 0 spiro atoms. The van der Waals surface area contributed by atoms with Crippen molar-refractivity contribution < 1.29 is 4.74 Å². The average Bonchev–Trinajstić information content (AvgIpc) is 2.88. The SMILES string of the molecule is COc1ccccc1CNc1nc(N2CCN(c3ccccc3)CC2)c2nccnc2n1. The molecule has 2 aromatic carbocycles. The number of aromatic nitrogens is 4. The molecule has 1 aliphatic rings. The second-order valence-electron chi connectivity index (χ2n) is 7.57. The highest BCUT2D eigenvalue weighted by Gasteiger charge is 2.22. The van der Waals surface area contributed by atoms with E-state index in [9.17, 15) is 0 Å². The summed E-state index contributed by atoms with van der Waals surface area (Å²) in [4.78, 5) is 23.1. The Hall–Kier alpha value is -3.94. The quantitative estimate of drug-likeness (QED) is 0.502. The van der Waals surface area contributed by atoms with E-state index in [1.165, 1.54) is 5.69 Å². The summed E-state index contributed by atoms with van der Waals surface area (Å²) in [5.74, 6) is 2.18. The van der Waals surface area contributed by atoms with E-state index in [1.54, 1.807) is 19.5 Å². The first-order valence-electron chi connectivity index (χ1n) is 10.7. The predicted molar refractivity (Wildman–Crippen MR) is 126 cm³/mol. The van der Waals surface area contributed by atoms with Gasteiger partial charge in [-0.15, -0.1) is 0 Å². The fourth-order valence-electron chi connectivity index (χ4n) is 3.99. The van der Waals surface area contributed by atoms with Gasteiger partial charge in [-0.1, -0.05) is 36.4 Å². The zero-order valence-corrected chi connectivity index (χ0v) is 18.0. The van der Waals surface area contributed by atoms with Gasteiger partial charge in [-0.25, -0.2) is 9.97 Å². The molecule has 0 bridgehead atoms. The fourth-order valence-corrected chi connectivity index (χ4v) is 3.99. The summed E-state index contributed by atoms with van der Waals surface area (Å²) in [7, 11) is 1.67. The first-order valence-corrected chi connectivity index (χ1v) is 10.7. The lowest BCUT2D eigenvalue weighted by Gasteiger charge is -2.36. The third-order valence-corrected chi connectivity index (χ3v) is 5.64. The van der Waals surface area contributed by atoms with Crippen molar-refractivity contribution in [2.75, 3.05) is 48.4 Å². The van der Waals surface area contributed by atoms with Crippen molar-refractivity contribution in [1.82, 2.24) is 19.9 Å². The van der Waals surface area contributed by atoms with Crippen molar-refractivity contribution in [3.8, 4) is 5.75 Å². The van der Waals surface area contributed by atoms with E-state index in [1.807, 2.05) is 30.3 Å². The minimum atomic E-state index is 0.532. The Labute approximate surface area is 186 Å². The van der Waals surface area contributed by atoms with Crippen LogP contribution in [0.15, 0.2) is 67.0 Å². The predicted octanol–water partition coefficient (Wildman–Crippen LogP) is 3.37. The van der Waals surface area contributed by atoms with Crippen LogP contribution in [0.2, 0.25) is 0 Å². The highest BCUT2D eigenvalue weighted by Crippen LogP contribution is 2.26. The number of para-hydroxylation sites is 2. The fraction of sp³-hybridized carbons (Fsp3) is 0.250. The molecule has 0 aliphatic carbocycles. The molecule has 1 fully saturated rings. The van der Waals surface area contributed by atoms with Gasteiger partial charge in [0.15, 0.2) is 17.0 Å². The number of piperazine rings is 1. The Bertz CT molecular complexity index is 1190. The maximum atomic E-state index is 5.45. The van der Waals surface area contributed by atoms with Crippen molar-refractivity contribution in [3.63, 3.8) is 0 Å². The summed E-state index contributed by atoms with van der Waals surface area (Å²) in [5.41, 5.74) is 3.60. The van der Waals surface area contributed by atoms with E-state index < -0.39 is 0 Å². The lowest BCUT2D eigenvalue weighted by molar-refractivity contribution is 0.410. The van der Waals surface area contributed by atoms with Gasteiger partial charge in [-0.05, 0) is 18.2 Å². The highest BCUT2D eigenvalue weighted by atomic mass is 16.5. The molecule has 5 rings (SSSR count). The highest BCUT2D eigenvalue weighted by molar-refractivity contribution is 5.84. The van der Waals surface area contributed by atoms with Crippen molar-refractivity contribution in [3.05, 3.63) is 72.6 Å². The molecule has 0 saturated carbocycles. The molecule has 1 saturated heterocycles. The van der Waals surface area contributed by atoms with E-state index in [4.69, 9.17) is 9.72 Å². The minimum absolute atomic E-state index is 0.532. The van der Waals surface area contributed by atoms with Crippen LogP contribution in [-0.2, 0) is 6.54 Å². The largest absolute Gasteiger partial charge is 0.496 e. The lowest BCUT2D eigenvalue weighted by Crippen LogP contribution is -2.47. The third-order valence-electron chi connectivity index (χ3n) is 5.64. The number of fused-ring (bicyclic) bond motifs is 1. The van der Waals surface area contributed by atoms with Crippen molar-refractivity contribution in [2.45, 2.75) is 6.54 Å². The molecule has 2 aromatic heterocycles. The van der Waals surface area contributed by atoms with E-state index in [0.29, 0.717) is 18.1 Å². The number of benzene rings is 2. The molecule has 3 heterocycles. The second kappa shape index (κ2) is 9.05. The first-order chi connectivity index (χ1) is 15.8. The summed E-state index contributed by atoms with van der Waals surface area (Å²) in [6, 6.07) is 18.4. The zero-order chi connectivity index (χ0) is 21.8. The molecule has 32 heavy (non-hydrogen) atoms. The summed E-state index contributed by atoms with van der Waals surface area (Å²) < 4.78 is 5.45. The summed E-state index contributed by atoms with van der Waals surface area (Å²) in [5, 5.41) is 3.33. The molecule has 0 amide bonds. The van der Waals surface area contributed by atoms with Gasteiger partial charge in [-0.2, -0.15) is 9.97 Å². The molecule has 0 atom stereocenters. The van der Waals surface area contributed by atoms with Gasteiger partial charge >= 0.3 is 0 Å². The molecule has 4 aromatic rings. The maximum Gasteiger partial charge on any atom is 0.227 e. The first kappa shape index (κ1) is 20.0. The van der Waals surface area contributed by atoms with Crippen LogP contribution in [0.25, 0.3) is 11.2 Å². The van der Waals surface area contributed by atoms with Gasteiger partial charge in [0.05, 0.1) is 7.11 Å². The van der Waals surface area contributed by atoms with Gasteiger partial charge < -0.3 is 19.9 Å². The number of anilines is 3. The zero-order valence-electron chi connectivity index (χ0n) is 18.0. The molecule has 8 nitrogen and oxygen atoms in total. The minimum Gasteiger partial charge on any atom is -0.496 e. The molecule has 0 unspecified atom stereocenters. The molecular formula is C24H25N7O. The number of nitrogens with zero attached hydrogens (tertiary/aromatic N) is 6. The molecule has 1 aliphatic heterocycles. The van der Waals surface area contributed by atoms with Crippen molar-refractivity contribution in [1.29, 1.82) is 0 Å². The van der Waals surface area contributed by atoms with E-state index in [2.05, 4.69) is 54.3 Å². The Kier molecular flexibility index (Phi) is 5.65. The lowest BCUT2D eigenvalue weighted by atomic mass is 10.2. The van der Waals surface area contributed by atoms with Crippen LogP contribution in [0, 0.1) is 0 Å². The second-order valence-corrected chi connectivity index (χ2v) is 7.57. The smallest absolute Gasteiger partial charge is 0.227 e. The van der Waals surface area contributed by atoms with Crippen LogP contribution >= 0.6 is 0 Å². The number of methoxy groups -OCH3 is 1. The Balaban J connectivity index is 1.38. The van der Waals surface area contributed by atoms with E-state index >= 15 is 0 Å². The number of rotatable bonds is 6. The Morgan fingerprint density at radius 2 is 1.56 bits per heavy atom.